The van der Waals surface area contributed by atoms with Gasteiger partial charge in [-0.1, -0.05) is 35.9 Å². The van der Waals surface area contributed by atoms with Gasteiger partial charge in [-0.15, -0.1) is 0 Å². The van der Waals surface area contributed by atoms with Gasteiger partial charge >= 0.3 is 0 Å². The van der Waals surface area contributed by atoms with Gasteiger partial charge in [-0.3, -0.25) is 4.79 Å². The number of halogens is 1. The Balaban J connectivity index is 1.91. The molecule has 24 heavy (non-hydrogen) atoms. The topological polar surface area (TPSA) is 63.2 Å². The minimum Gasteiger partial charge on any atom is -0.350 e. The number of aryl methyl sites for hydroxylation is 1. The van der Waals surface area contributed by atoms with Crippen molar-refractivity contribution in [2.75, 3.05) is 6.26 Å². The molecule has 1 atom stereocenters. The van der Waals surface area contributed by atoms with Gasteiger partial charge in [0.05, 0.1) is 10.9 Å². The van der Waals surface area contributed by atoms with E-state index in [2.05, 4.69) is 5.32 Å². The first-order chi connectivity index (χ1) is 11.3. The van der Waals surface area contributed by atoms with Crippen LogP contribution in [0.5, 0.6) is 0 Å². The molecule has 0 bridgehead atoms. The Morgan fingerprint density at radius 2 is 1.83 bits per heavy atom. The lowest BCUT2D eigenvalue weighted by atomic mass is 10.1. The Labute approximate surface area is 147 Å². The molecule has 0 aliphatic rings. The molecule has 0 saturated carbocycles. The first kappa shape index (κ1) is 18.5. The highest BCUT2D eigenvalue weighted by molar-refractivity contribution is 7.90. The van der Waals surface area contributed by atoms with Crippen LogP contribution in [-0.4, -0.2) is 20.6 Å². The average Bonchev–Trinajstić information content (AvgIpc) is 2.52. The Hall–Kier alpha value is -1.85. The molecule has 1 unspecified atom stereocenters. The van der Waals surface area contributed by atoms with Crippen LogP contribution in [0.15, 0.2) is 53.4 Å². The summed E-state index contributed by atoms with van der Waals surface area (Å²) in [6, 6.07) is 13.8. The Morgan fingerprint density at radius 1 is 1.17 bits per heavy atom. The molecule has 1 amide bonds. The summed E-state index contributed by atoms with van der Waals surface area (Å²) in [6.07, 6.45) is 2.15. The van der Waals surface area contributed by atoms with E-state index in [1.165, 1.54) is 6.26 Å². The van der Waals surface area contributed by atoms with E-state index in [1.54, 1.807) is 30.3 Å². The average molecular weight is 366 g/mol. The molecule has 1 N–H and O–H groups in total. The second-order valence-corrected chi connectivity index (χ2v) is 8.21. The standard InChI is InChI=1S/C18H20ClNO3S/c1-13(15-7-9-17(10-8-15)24(2,22)23)20-18(21)11-6-14-4-3-5-16(19)12-14/h3-5,7-10,12-13H,6,11H2,1-2H3,(H,20,21). The third-order valence-corrected chi connectivity index (χ3v) is 5.08. The van der Waals surface area contributed by atoms with E-state index in [-0.39, 0.29) is 16.8 Å². The van der Waals surface area contributed by atoms with Crippen molar-refractivity contribution in [2.45, 2.75) is 30.7 Å². The highest BCUT2D eigenvalue weighted by atomic mass is 35.5. The maximum Gasteiger partial charge on any atom is 0.220 e. The molecule has 0 fully saturated rings. The molecule has 0 aliphatic heterocycles. The number of carbonyl (C=O) groups excluding carboxylic acids is 1. The van der Waals surface area contributed by atoms with Crippen LogP contribution in [0.3, 0.4) is 0 Å². The van der Waals surface area contributed by atoms with Gasteiger partial charge in [0.2, 0.25) is 5.91 Å². The van der Waals surface area contributed by atoms with Gasteiger partial charge in [-0.2, -0.15) is 0 Å². The molecular weight excluding hydrogens is 346 g/mol. The summed E-state index contributed by atoms with van der Waals surface area (Å²) in [5.74, 6) is -0.0605. The smallest absolute Gasteiger partial charge is 0.220 e. The molecule has 0 aliphatic carbocycles. The predicted molar refractivity (Wildman–Crippen MR) is 95.9 cm³/mol. The van der Waals surface area contributed by atoms with Crippen LogP contribution in [0.1, 0.15) is 30.5 Å². The van der Waals surface area contributed by atoms with E-state index >= 15 is 0 Å². The summed E-state index contributed by atoms with van der Waals surface area (Å²) < 4.78 is 22.9. The highest BCUT2D eigenvalue weighted by Gasteiger charge is 2.12. The van der Waals surface area contributed by atoms with Crippen molar-refractivity contribution in [3.63, 3.8) is 0 Å². The highest BCUT2D eigenvalue weighted by Crippen LogP contribution is 2.17. The van der Waals surface area contributed by atoms with Gasteiger partial charge in [0.15, 0.2) is 9.84 Å². The number of benzene rings is 2. The van der Waals surface area contributed by atoms with E-state index < -0.39 is 9.84 Å². The molecule has 0 radical (unpaired) electrons. The summed E-state index contributed by atoms with van der Waals surface area (Å²) in [5.41, 5.74) is 1.88. The first-order valence-corrected chi connectivity index (χ1v) is 9.86. The van der Waals surface area contributed by atoms with Crippen molar-refractivity contribution < 1.29 is 13.2 Å². The lowest BCUT2D eigenvalue weighted by molar-refractivity contribution is -0.121. The number of hydrogen-bond acceptors (Lipinski definition) is 3. The number of carbonyl (C=O) groups is 1. The molecule has 2 rings (SSSR count). The van der Waals surface area contributed by atoms with Gasteiger partial charge < -0.3 is 5.32 Å². The van der Waals surface area contributed by atoms with Gasteiger partial charge in [0.25, 0.3) is 0 Å². The third kappa shape index (κ3) is 5.35. The van der Waals surface area contributed by atoms with Gasteiger partial charge in [-0.05, 0) is 48.7 Å². The number of rotatable bonds is 6. The van der Waals surface area contributed by atoms with E-state index in [4.69, 9.17) is 11.6 Å². The fraction of sp³-hybridized carbons (Fsp3) is 0.278. The number of sulfone groups is 1. The molecule has 2 aromatic carbocycles. The van der Waals surface area contributed by atoms with Crippen LogP contribution in [0.2, 0.25) is 5.02 Å². The van der Waals surface area contributed by atoms with Crippen molar-refractivity contribution in [1.29, 1.82) is 0 Å². The predicted octanol–water partition coefficient (Wildman–Crippen LogP) is 3.55. The number of amides is 1. The monoisotopic (exact) mass is 365 g/mol. The van der Waals surface area contributed by atoms with E-state index in [1.807, 2.05) is 25.1 Å². The van der Waals surface area contributed by atoms with Crippen molar-refractivity contribution in [3.05, 3.63) is 64.7 Å². The summed E-state index contributed by atoms with van der Waals surface area (Å²) in [6.45, 7) is 1.87. The summed E-state index contributed by atoms with van der Waals surface area (Å²) in [4.78, 5) is 12.3. The van der Waals surface area contributed by atoms with Crippen LogP contribution < -0.4 is 5.32 Å². The molecule has 0 spiro atoms. The fourth-order valence-corrected chi connectivity index (χ4v) is 3.19. The number of hydrogen-bond donors (Lipinski definition) is 1. The first-order valence-electron chi connectivity index (χ1n) is 7.59. The number of nitrogens with one attached hydrogen (secondary N) is 1. The third-order valence-electron chi connectivity index (χ3n) is 3.72. The molecule has 0 heterocycles. The fourth-order valence-electron chi connectivity index (χ4n) is 2.35. The Morgan fingerprint density at radius 3 is 2.42 bits per heavy atom. The SMILES string of the molecule is CC(NC(=O)CCc1cccc(Cl)c1)c1ccc(S(C)(=O)=O)cc1. The van der Waals surface area contributed by atoms with Crippen LogP contribution in [0.4, 0.5) is 0 Å². The molecular formula is C18H20ClNO3S. The second kappa shape index (κ2) is 7.81. The summed E-state index contributed by atoms with van der Waals surface area (Å²) >= 11 is 5.93. The van der Waals surface area contributed by atoms with Crippen molar-refractivity contribution in [1.82, 2.24) is 5.32 Å². The minimum absolute atomic E-state index is 0.0605. The van der Waals surface area contributed by atoms with Gasteiger partial charge in [0.1, 0.15) is 0 Å². The quantitative estimate of drug-likeness (QED) is 0.851. The maximum absolute atomic E-state index is 12.1. The van der Waals surface area contributed by atoms with Gasteiger partial charge in [0, 0.05) is 17.7 Å². The molecule has 0 saturated heterocycles. The largest absolute Gasteiger partial charge is 0.350 e. The molecule has 4 nitrogen and oxygen atoms in total. The van der Waals surface area contributed by atoms with E-state index in [0.29, 0.717) is 17.9 Å². The van der Waals surface area contributed by atoms with Gasteiger partial charge in [-0.25, -0.2) is 8.42 Å². The lowest BCUT2D eigenvalue weighted by Gasteiger charge is -2.15. The zero-order chi connectivity index (χ0) is 17.7. The minimum atomic E-state index is -3.21. The summed E-state index contributed by atoms with van der Waals surface area (Å²) in [7, 11) is -3.21. The molecule has 128 valence electrons. The maximum atomic E-state index is 12.1. The van der Waals surface area contributed by atoms with Crippen LogP contribution >= 0.6 is 11.6 Å². The molecule has 6 heteroatoms. The zero-order valence-corrected chi connectivity index (χ0v) is 15.2. The van der Waals surface area contributed by atoms with Crippen molar-refractivity contribution >= 4 is 27.3 Å². The van der Waals surface area contributed by atoms with E-state index in [0.717, 1.165) is 11.1 Å². The Bertz CT molecular complexity index is 816. The van der Waals surface area contributed by atoms with Crippen molar-refractivity contribution in [2.24, 2.45) is 0 Å². The second-order valence-electron chi connectivity index (χ2n) is 5.76. The van der Waals surface area contributed by atoms with Crippen LogP contribution in [-0.2, 0) is 21.1 Å². The summed E-state index contributed by atoms with van der Waals surface area (Å²) in [5, 5.41) is 3.58. The zero-order valence-electron chi connectivity index (χ0n) is 13.6. The molecule has 0 aromatic heterocycles. The van der Waals surface area contributed by atoms with Crippen molar-refractivity contribution in [3.8, 4) is 0 Å². The normalized spacial score (nSPS) is 12.6. The lowest BCUT2D eigenvalue weighted by Crippen LogP contribution is -2.26. The van der Waals surface area contributed by atoms with Crippen LogP contribution in [0.25, 0.3) is 0 Å². The Kier molecular flexibility index (Phi) is 6.02. The molecule has 2 aromatic rings. The van der Waals surface area contributed by atoms with E-state index in [9.17, 15) is 13.2 Å². The van der Waals surface area contributed by atoms with Crippen LogP contribution in [0, 0.1) is 0 Å².